The van der Waals surface area contributed by atoms with Gasteiger partial charge in [0.2, 0.25) is 0 Å². The molecule has 90 valence electrons. The SMILES string of the molecule is CC(CNc1ccc(Cl)cc1)OS(C)(=O)=O. The lowest BCUT2D eigenvalue weighted by atomic mass is 10.3. The minimum Gasteiger partial charge on any atom is -0.382 e. The molecule has 1 atom stereocenters. The van der Waals surface area contributed by atoms with Gasteiger partial charge in [-0.1, -0.05) is 11.6 Å². The molecule has 0 fully saturated rings. The zero-order chi connectivity index (χ0) is 12.2. The lowest BCUT2D eigenvalue weighted by Gasteiger charge is -2.12. The van der Waals surface area contributed by atoms with Crippen LogP contribution in [-0.2, 0) is 14.3 Å². The molecule has 0 aromatic heterocycles. The third kappa shape index (κ3) is 5.34. The van der Waals surface area contributed by atoms with E-state index in [4.69, 9.17) is 15.8 Å². The van der Waals surface area contributed by atoms with E-state index in [0.29, 0.717) is 11.6 Å². The van der Waals surface area contributed by atoms with E-state index in [1.807, 2.05) is 12.1 Å². The third-order valence-electron chi connectivity index (χ3n) is 1.78. The van der Waals surface area contributed by atoms with E-state index in [1.54, 1.807) is 19.1 Å². The number of hydrogen-bond donors (Lipinski definition) is 1. The Kier molecular flexibility index (Phi) is 4.58. The van der Waals surface area contributed by atoms with E-state index in [-0.39, 0.29) is 0 Å². The van der Waals surface area contributed by atoms with Gasteiger partial charge in [0.15, 0.2) is 0 Å². The van der Waals surface area contributed by atoms with Crippen LogP contribution in [0.25, 0.3) is 0 Å². The largest absolute Gasteiger partial charge is 0.382 e. The molecule has 0 radical (unpaired) electrons. The minimum absolute atomic E-state index is 0.411. The van der Waals surface area contributed by atoms with Crippen molar-refractivity contribution in [1.29, 1.82) is 0 Å². The Morgan fingerprint density at radius 3 is 2.44 bits per heavy atom. The van der Waals surface area contributed by atoms with Crippen LogP contribution in [-0.4, -0.2) is 27.3 Å². The second-order valence-electron chi connectivity index (χ2n) is 3.50. The lowest BCUT2D eigenvalue weighted by molar-refractivity contribution is 0.244. The average Bonchev–Trinajstić information content (AvgIpc) is 2.14. The zero-order valence-corrected chi connectivity index (χ0v) is 10.7. The van der Waals surface area contributed by atoms with E-state index in [1.165, 1.54) is 0 Å². The summed E-state index contributed by atoms with van der Waals surface area (Å²) in [4.78, 5) is 0. The van der Waals surface area contributed by atoms with Crippen LogP contribution in [0.2, 0.25) is 5.02 Å². The first-order valence-corrected chi connectivity index (χ1v) is 6.94. The van der Waals surface area contributed by atoms with Gasteiger partial charge in [0, 0.05) is 17.3 Å². The summed E-state index contributed by atoms with van der Waals surface area (Å²) in [6.07, 6.45) is 0.622. The number of nitrogens with one attached hydrogen (secondary N) is 1. The molecule has 1 N–H and O–H groups in total. The Balaban J connectivity index is 2.43. The second kappa shape index (κ2) is 5.52. The third-order valence-corrected chi connectivity index (χ3v) is 2.71. The van der Waals surface area contributed by atoms with Crippen LogP contribution in [0, 0.1) is 0 Å². The molecule has 4 nitrogen and oxygen atoms in total. The highest BCUT2D eigenvalue weighted by atomic mass is 35.5. The van der Waals surface area contributed by atoms with Gasteiger partial charge >= 0.3 is 0 Å². The normalized spacial score (nSPS) is 13.4. The highest BCUT2D eigenvalue weighted by molar-refractivity contribution is 7.86. The fraction of sp³-hybridized carbons (Fsp3) is 0.400. The molecule has 1 aromatic rings. The summed E-state index contributed by atoms with van der Waals surface area (Å²) in [6.45, 7) is 2.10. The number of anilines is 1. The summed E-state index contributed by atoms with van der Waals surface area (Å²) in [5, 5.41) is 3.70. The van der Waals surface area contributed by atoms with Gasteiger partial charge in [-0.25, -0.2) is 0 Å². The van der Waals surface area contributed by atoms with Crippen molar-refractivity contribution in [2.75, 3.05) is 18.1 Å². The smallest absolute Gasteiger partial charge is 0.264 e. The molecule has 0 amide bonds. The Morgan fingerprint density at radius 2 is 1.94 bits per heavy atom. The minimum atomic E-state index is -3.40. The Morgan fingerprint density at radius 1 is 1.38 bits per heavy atom. The molecular weight excluding hydrogens is 250 g/mol. The molecule has 0 aliphatic carbocycles. The first-order chi connectivity index (χ1) is 7.37. The van der Waals surface area contributed by atoms with E-state index in [9.17, 15) is 8.42 Å². The monoisotopic (exact) mass is 263 g/mol. The molecule has 0 bridgehead atoms. The van der Waals surface area contributed by atoms with Crippen molar-refractivity contribution >= 4 is 27.4 Å². The standard InChI is InChI=1S/C10H14ClNO3S/c1-8(15-16(2,13)14)7-12-10-5-3-9(11)4-6-10/h3-6,8,12H,7H2,1-2H3. The van der Waals surface area contributed by atoms with E-state index >= 15 is 0 Å². The Labute approximate surface area is 101 Å². The van der Waals surface area contributed by atoms with Gasteiger partial charge in [-0.05, 0) is 31.2 Å². The van der Waals surface area contributed by atoms with Crippen molar-refractivity contribution in [1.82, 2.24) is 0 Å². The number of benzene rings is 1. The van der Waals surface area contributed by atoms with E-state index in [0.717, 1.165) is 11.9 Å². The molecule has 0 heterocycles. The van der Waals surface area contributed by atoms with Gasteiger partial charge in [0.25, 0.3) is 10.1 Å². The van der Waals surface area contributed by atoms with Crippen LogP contribution in [0.15, 0.2) is 24.3 Å². The van der Waals surface area contributed by atoms with Gasteiger partial charge in [-0.3, -0.25) is 4.18 Å². The molecule has 1 unspecified atom stereocenters. The lowest BCUT2D eigenvalue weighted by Crippen LogP contribution is -2.22. The Bertz CT molecular complexity index is 430. The zero-order valence-electron chi connectivity index (χ0n) is 9.10. The van der Waals surface area contributed by atoms with Gasteiger partial charge < -0.3 is 5.32 Å². The number of rotatable bonds is 5. The molecule has 0 spiro atoms. The van der Waals surface area contributed by atoms with Crippen LogP contribution in [0.5, 0.6) is 0 Å². The van der Waals surface area contributed by atoms with Gasteiger partial charge in [-0.2, -0.15) is 8.42 Å². The predicted octanol–water partition coefficient (Wildman–Crippen LogP) is 2.12. The molecule has 0 saturated heterocycles. The van der Waals surface area contributed by atoms with Crippen molar-refractivity contribution in [3.05, 3.63) is 29.3 Å². The summed E-state index contributed by atoms with van der Waals surface area (Å²) in [5.74, 6) is 0. The maximum Gasteiger partial charge on any atom is 0.264 e. The fourth-order valence-electron chi connectivity index (χ4n) is 1.16. The van der Waals surface area contributed by atoms with Crippen LogP contribution < -0.4 is 5.32 Å². The van der Waals surface area contributed by atoms with Crippen molar-refractivity contribution in [3.63, 3.8) is 0 Å². The van der Waals surface area contributed by atoms with Crippen LogP contribution in [0.3, 0.4) is 0 Å². The summed E-state index contributed by atoms with van der Waals surface area (Å²) < 4.78 is 26.4. The molecule has 16 heavy (non-hydrogen) atoms. The number of hydrogen-bond acceptors (Lipinski definition) is 4. The fourth-order valence-corrected chi connectivity index (χ4v) is 1.95. The van der Waals surface area contributed by atoms with Crippen molar-refractivity contribution in [2.24, 2.45) is 0 Å². The quantitative estimate of drug-likeness (QED) is 0.827. The molecule has 0 saturated carbocycles. The first kappa shape index (κ1) is 13.3. The maximum atomic E-state index is 10.8. The summed E-state index contributed by atoms with van der Waals surface area (Å²) in [7, 11) is -3.40. The molecule has 1 aromatic carbocycles. The van der Waals surface area contributed by atoms with Crippen molar-refractivity contribution in [3.8, 4) is 0 Å². The first-order valence-electron chi connectivity index (χ1n) is 4.74. The van der Waals surface area contributed by atoms with Crippen LogP contribution in [0.1, 0.15) is 6.92 Å². The summed E-state index contributed by atoms with van der Waals surface area (Å²) in [5.41, 5.74) is 0.869. The van der Waals surface area contributed by atoms with Gasteiger partial charge in [-0.15, -0.1) is 0 Å². The van der Waals surface area contributed by atoms with Gasteiger partial charge in [0.1, 0.15) is 0 Å². The highest BCUT2D eigenvalue weighted by Crippen LogP contribution is 2.13. The van der Waals surface area contributed by atoms with Crippen LogP contribution in [0.4, 0.5) is 5.69 Å². The average molecular weight is 264 g/mol. The molecular formula is C10H14ClNO3S. The highest BCUT2D eigenvalue weighted by Gasteiger charge is 2.09. The molecule has 1 rings (SSSR count). The Hall–Kier alpha value is -0.780. The summed E-state index contributed by atoms with van der Waals surface area (Å²) in [6, 6.07) is 7.14. The topological polar surface area (TPSA) is 55.4 Å². The predicted molar refractivity (Wildman–Crippen MR) is 65.3 cm³/mol. The van der Waals surface area contributed by atoms with E-state index < -0.39 is 16.2 Å². The molecule has 6 heteroatoms. The molecule has 0 aliphatic heterocycles. The van der Waals surface area contributed by atoms with Crippen molar-refractivity contribution < 1.29 is 12.6 Å². The van der Waals surface area contributed by atoms with Crippen LogP contribution >= 0.6 is 11.6 Å². The summed E-state index contributed by atoms with van der Waals surface area (Å²) >= 11 is 5.73. The van der Waals surface area contributed by atoms with Gasteiger partial charge in [0.05, 0.1) is 12.4 Å². The van der Waals surface area contributed by atoms with E-state index in [2.05, 4.69) is 5.32 Å². The molecule has 0 aliphatic rings. The second-order valence-corrected chi connectivity index (χ2v) is 5.54. The maximum absolute atomic E-state index is 10.8. The number of halogens is 1. The van der Waals surface area contributed by atoms with Crippen molar-refractivity contribution in [2.45, 2.75) is 13.0 Å².